The number of para-hydroxylation sites is 1. The number of urea groups is 1. The van der Waals surface area contributed by atoms with Gasteiger partial charge in [0.2, 0.25) is 11.8 Å². The number of cyclic esters (lactones) is 1. The lowest BCUT2D eigenvalue weighted by molar-refractivity contribution is -0.178. The Hall–Kier alpha value is -6.31. The predicted octanol–water partition coefficient (Wildman–Crippen LogP) is 4.93. The molecule has 4 aromatic carbocycles. The Bertz CT molecular complexity index is 2180. The number of carbonyl (C=O) groups excluding carboxylic acids is 5. The molecule has 2 saturated heterocycles. The maximum absolute atomic E-state index is 16.0. The molecule has 7 atom stereocenters. The average molecular weight is 787 g/mol. The smallest absolute Gasteiger partial charge is 0.329 e. The van der Waals surface area contributed by atoms with E-state index in [1.165, 1.54) is 13.2 Å². The summed E-state index contributed by atoms with van der Waals surface area (Å²) in [5.74, 6) is -4.22. The monoisotopic (exact) mass is 786 g/mol. The topological polar surface area (TPSA) is 164 Å². The highest BCUT2D eigenvalue weighted by molar-refractivity contribution is 6.25. The molecule has 3 N–H and O–H groups in total. The summed E-state index contributed by atoms with van der Waals surface area (Å²) in [6.45, 7) is 7.11. The Morgan fingerprint density at radius 2 is 1.52 bits per heavy atom. The fraction of sp³-hybridized carbons (Fsp3) is 0.311. The van der Waals surface area contributed by atoms with Gasteiger partial charge in [0.1, 0.15) is 36.0 Å². The summed E-state index contributed by atoms with van der Waals surface area (Å²) in [6.07, 6.45) is 0.618. The number of aliphatic hydroxyl groups is 1. The van der Waals surface area contributed by atoms with Crippen molar-refractivity contribution in [3.8, 4) is 5.75 Å². The van der Waals surface area contributed by atoms with E-state index in [2.05, 4.69) is 17.2 Å². The molecule has 300 valence electrons. The van der Waals surface area contributed by atoms with Gasteiger partial charge in [-0.05, 0) is 46.4 Å². The number of rotatable bonds is 12. The van der Waals surface area contributed by atoms with Crippen LogP contribution in [0.1, 0.15) is 54.3 Å². The van der Waals surface area contributed by atoms with E-state index in [1.54, 1.807) is 62.4 Å². The molecule has 1 spiro atoms. The molecular weight excluding hydrogens is 741 g/mol. The molecule has 0 radical (unpaired) electrons. The van der Waals surface area contributed by atoms with Crippen LogP contribution in [0.2, 0.25) is 0 Å². The zero-order valence-electron chi connectivity index (χ0n) is 32.4. The molecular formula is C45H46N4O9. The first-order chi connectivity index (χ1) is 28.1. The third-order valence-corrected chi connectivity index (χ3v) is 11.2. The van der Waals surface area contributed by atoms with Gasteiger partial charge in [0.15, 0.2) is 0 Å². The van der Waals surface area contributed by atoms with E-state index in [1.807, 2.05) is 65.6 Å². The van der Waals surface area contributed by atoms with E-state index >= 15 is 4.79 Å². The fourth-order valence-corrected chi connectivity index (χ4v) is 8.88. The third-order valence-electron chi connectivity index (χ3n) is 11.2. The van der Waals surface area contributed by atoms with Gasteiger partial charge in [0.05, 0.1) is 37.4 Å². The molecule has 4 amide bonds. The number of benzene rings is 4. The van der Waals surface area contributed by atoms with Crippen molar-refractivity contribution in [1.82, 2.24) is 15.5 Å². The number of carbonyl (C=O) groups is 5. The number of anilines is 1. The third kappa shape index (κ3) is 6.69. The predicted molar refractivity (Wildman–Crippen MR) is 213 cm³/mol. The van der Waals surface area contributed by atoms with Crippen molar-refractivity contribution in [2.24, 2.45) is 11.8 Å². The maximum atomic E-state index is 16.0. The summed E-state index contributed by atoms with van der Waals surface area (Å²) >= 11 is 0. The SMILES string of the molecule is C=CCNC(=O)[C@@H]1[C@H]2C(=O)O[C@H](c3ccccc3)[C@H](c3ccccc3)N2[C@H](c2ccc(OCCO)cc2)[C@@]12C(=O)N(C(=O)N[C@H](C(=O)OC)C(C)C)c1ccccc12. The maximum Gasteiger partial charge on any atom is 0.329 e. The van der Waals surface area contributed by atoms with Crippen molar-refractivity contribution in [3.63, 3.8) is 0 Å². The molecule has 4 aromatic rings. The number of morpholine rings is 1. The number of nitrogens with zero attached hydrogens (tertiary/aromatic N) is 2. The lowest BCUT2D eigenvalue weighted by atomic mass is 9.65. The molecule has 0 saturated carbocycles. The van der Waals surface area contributed by atoms with Gasteiger partial charge in [-0.3, -0.25) is 19.3 Å². The minimum Gasteiger partial charge on any atom is -0.491 e. The van der Waals surface area contributed by atoms with E-state index in [0.29, 0.717) is 22.4 Å². The fourth-order valence-electron chi connectivity index (χ4n) is 8.88. The highest BCUT2D eigenvalue weighted by atomic mass is 16.6. The van der Waals surface area contributed by atoms with Crippen LogP contribution < -0.4 is 20.3 Å². The molecule has 3 heterocycles. The van der Waals surface area contributed by atoms with Gasteiger partial charge < -0.3 is 30.0 Å². The van der Waals surface area contributed by atoms with Crippen molar-refractivity contribution in [2.75, 3.05) is 31.8 Å². The van der Waals surface area contributed by atoms with Crippen LogP contribution in [0.5, 0.6) is 5.75 Å². The molecule has 3 aliphatic rings. The van der Waals surface area contributed by atoms with Crippen molar-refractivity contribution in [1.29, 1.82) is 0 Å². The molecule has 0 bridgehead atoms. The highest BCUT2D eigenvalue weighted by Gasteiger charge is 2.75. The molecule has 0 unspecified atom stereocenters. The molecule has 0 aromatic heterocycles. The summed E-state index contributed by atoms with van der Waals surface area (Å²) in [4.78, 5) is 76.2. The Morgan fingerprint density at radius 3 is 2.14 bits per heavy atom. The number of ether oxygens (including phenoxy) is 3. The van der Waals surface area contributed by atoms with Gasteiger partial charge in [0, 0.05) is 6.54 Å². The Balaban J connectivity index is 1.53. The van der Waals surface area contributed by atoms with E-state index in [-0.39, 0.29) is 25.4 Å². The van der Waals surface area contributed by atoms with Crippen molar-refractivity contribution in [3.05, 3.63) is 144 Å². The van der Waals surface area contributed by atoms with Crippen LogP contribution in [0.4, 0.5) is 10.5 Å². The van der Waals surface area contributed by atoms with Gasteiger partial charge in [-0.2, -0.15) is 0 Å². The second kappa shape index (κ2) is 16.7. The van der Waals surface area contributed by atoms with Gasteiger partial charge >= 0.3 is 18.0 Å². The standard InChI is InChI=1S/C45H46N4O9/c1-5-24-46-40(51)34-37-42(53)58-38(29-16-10-7-11-17-29)36(28-14-8-6-9-15-28)49(37)39(30-20-22-31(23-21-30)57-26-25-50)45(34)32-18-12-13-19-33(32)48(43(45)54)44(55)47-35(27(2)3)41(52)56-4/h5-23,27,34-39,50H,1,24-26H2,2-4H3,(H,46,51)(H,47,55)/t34-,35-,36-,37-,38+,39+,45-/m0/s1. The summed E-state index contributed by atoms with van der Waals surface area (Å²) in [5, 5.41) is 15.0. The Labute approximate surface area is 336 Å². The van der Waals surface area contributed by atoms with Gasteiger partial charge in [0.25, 0.3) is 0 Å². The van der Waals surface area contributed by atoms with Crippen molar-refractivity contribution >= 4 is 35.5 Å². The van der Waals surface area contributed by atoms with Crippen LogP contribution in [0.15, 0.2) is 122 Å². The van der Waals surface area contributed by atoms with E-state index in [0.717, 1.165) is 10.5 Å². The zero-order chi connectivity index (χ0) is 41.1. The van der Waals surface area contributed by atoms with Crippen LogP contribution in [-0.4, -0.2) is 78.7 Å². The normalized spacial score (nSPS) is 24.1. The van der Waals surface area contributed by atoms with E-state index in [4.69, 9.17) is 14.2 Å². The minimum atomic E-state index is -1.94. The molecule has 13 heteroatoms. The lowest BCUT2D eigenvalue weighted by Crippen LogP contribution is -2.57. The molecule has 0 aliphatic carbocycles. The zero-order valence-corrected chi connectivity index (χ0v) is 32.4. The summed E-state index contributed by atoms with van der Waals surface area (Å²) in [6, 6.07) is 27.2. The quantitative estimate of drug-likeness (QED) is 0.133. The van der Waals surface area contributed by atoms with E-state index < -0.39 is 77.3 Å². The number of hydrogen-bond acceptors (Lipinski definition) is 10. The second-order valence-electron chi connectivity index (χ2n) is 14.8. The average Bonchev–Trinajstić information content (AvgIpc) is 3.70. The van der Waals surface area contributed by atoms with Gasteiger partial charge in [-0.15, -0.1) is 6.58 Å². The Kier molecular flexibility index (Phi) is 11.5. The van der Waals surface area contributed by atoms with E-state index in [9.17, 15) is 24.3 Å². The Morgan fingerprint density at radius 1 is 0.879 bits per heavy atom. The minimum absolute atomic E-state index is 0.0265. The number of hydrogen-bond donors (Lipinski definition) is 3. The molecule has 3 aliphatic heterocycles. The number of fused-ring (bicyclic) bond motifs is 3. The van der Waals surface area contributed by atoms with Crippen molar-refractivity contribution in [2.45, 2.75) is 49.5 Å². The van der Waals surface area contributed by atoms with Crippen LogP contribution in [0.25, 0.3) is 0 Å². The lowest BCUT2D eigenvalue weighted by Gasteiger charge is -2.46. The first-order valence-electron chi connectivity index (χ1n) is 19.2. The molecule has 7 rings (SSSR count). The summed E-state index contributed by atoms with van der Waals surface area (Å²) < 4.78 is 17.1. The number of esters is 2. The van der Waals surface area contributed by atoms with Crippen LogP contribution in [-0.2, 0) is 34.1 Å². The number of methoxy groups -OCH3 is 1. The number of nitrogens with one attached hydrogen (secondary N) is 2. The summed E-state index contributed by atoms with van der Waals surface area (Å²) in [7, 11) is 1.21. The number of amides is 4. The van der Waals surface area contributed by atoms with Gasteiger partial charge in [-0.25, -0.2) is 14.5 Å². The van der Waals surface area contributed by atoms with Crippen molar-refractivity contribution < 1.29 is 43.3 Å². The van der Waals surface area contributed by atoms with Crippen LogP contribution in [0.3, 0.4) is 0 Å². The number of imide groups is 1. The van der Waals surface area contributed by atoms with Crippen LogP contribution >= 0.6 is 0 Å². The second-order valence-corrected chi connectivity index (χ2v) is 14.8. The largest absolute Gasteiger partial charge is 0.491 e. The first-order valence-corrected chi connectivity index (χ1v) is 19.2. The number of aliphatic hydroxyl groups excluding tert-OH is 1. The van der Waals surface area contributed by atoms with Gasteiger partial charge in [-0.1, -0.05) is 111 Å². The van der Waals surface area contributed by atoms with Crippen LogP contribution in [0, 0.1) is 11.8 Å². The molecule has 58 heavy (non-hydrogen) atoms. The molecule has 13 nitrogen and oxygen atoms in total. The molecule has 2 fully saturated rings. The first kappa shape index (κ1) is 39.9. The highest BCUT2D eigenvalue weighted by Crippen LogP contribution is 2.65. The summed E-state index contributed by atoms with van der Waals surface area (Å²) in [5.41, 5.74) is 0.593.